The van der Waals surface area contributed by atoms with Crippen LogP contribution in [-0.2, 0) is 11.3 Å². The van der Waals surface area contributed by atoms with E-state index in [0.717, 1.165) is 5.56 Å². The number of benzene rings is 1. The Morgan fingerprint density at radius 1 is 1.41 bits per heavy atom. The van der Waals surface area contributed by atoms with Crippen LogP contribution in [0.5, 0.6) is 5.75 Å². The molecule has 0 aliphatic rings. The molecule has 0 saturated heterocycles. The first-order valence-corrected chi connectivity index (χ1v) is 5.55. The smallest absolute Gasteiger partial charge is 0.177 e. The summed E-state index contributed by atoms with van der Waals surface area (Å²) in [5.41, 5.74) is 1.33. The average molecular weight is 258 g/mol. The van der Waals surface area contributed by atoms with Crippen molar-refractivity contribution in [2.75, 3.05) is 27.8 Å². The minimum absolute atomic E-state index is 0.0240. The molecule has 0 radical (unpaired) electrons. The van der Waals surface area contributed by atoms with Crippen molar-refractivity contribution in [3.63, 3.8) is 0 Å². The summed E-state index contributed by atoms with van der Waals surface area (Å²) >= 11 is 6.01. The molecule has 1 aromatic carbocycles. The van der Waals surface area contributed by atoms with E-state index in [-0.39, 0.29) is 12.3 Å². The van der Waals surface area contributed by atoms with Crippen LogP contribution in [0.15, 0.2) is 12.1 Å². The molecule has 0 unspecified atom stereocenters. The first-order chi connectivity index (χ1) is 8.13. The molecule has 4 nitrogen and oxygen atoms in total. The number of ketones is 1. The number of likely N-dealkylation sites (N-methyl/N-ethyl adjacent to an activating group) is 1. The summed E-state index contributed by atoms with van der Waals surface area (Å²) in [6, 6.07) is 3.35. The third-order valence-corrected chi connectivity index (χ3v) is 2.61. The number of methoxy groups -OCH3 is 2. The molecule has 5 heteroatoms. The van der Waals surface area contributed by atoms with Gasteiger partial charge < -0.3 is 14.8 Å². The van der Waals surface area contributed by atoms with E-state index in [1.165, 1.54) is 7.11 Å². The maximum Gasteiger partial charge on any atom is 0.177 e. The molecule has 0 aromatic heterocycles. The van der Waals surface area contributed by atoms with Crippen molar-refractivity contribution in [1.82, 2.24) is 5.32 Å². The van der Waals surface area contributed by atoms with Gasteiger partial charge in [-0.25, -0.2) is 0 Å². The van der Waals surface area contributed by atoms with Gasteiger partial charge in [0.25, 0.3) is 0 Å². The Morgan fingerprint density at radius 3 is 2.65 bits per heavy atom. The molecule has 17 heavy (non-hydrogen) atoms. The van der Waals surface area contributed by atoms with Gasteiger partial charge in [0.2, 0.25) is 0 Å². The van der Waals surface area contributed by atoms with Crippen molar-refractivity contribution in [1.29, 1.82) is 0 Å². The zero-order valence-electron chi connectivity index (χ0n) is 10.2. The second-order valence-electron chi connectivity index (χ2n) is 3.53. The normalized spacial score (nSPS) is 10.4. The van der Waals surface area contributed by atoms with Crippen molar-refractivity contribution in [3.05, 3.63) is 28.3 Å². The van der Waals surface area contributed by atoms with E-state index in [4.69, 9.17) is 21.1 Å². The summed E-state index contributed by atoms with van der Waals surface area (Å²) in [7, 11) is 4.83. The maximum absolute atomic E-state index is 11.9. The first kappa shape index (κ1) is 14.0. The van der Waals surface area contributed by atoms with E-state index in [1.807, 2.05) is 0 Å². The number of hydrogen-bond acceptors (Lipinski definition) is 4. The molecule has 94 valence electrons. The van der Waals surface area contributed by atoms with Gasteiger partial charge in [-0.2, -0.15) is 0 Å². The Labute approximate surface area is 106 Å². The van der Waals surface area contributed by atoms with Gasteiger partial charge in [0.1, 0.15) is 5.75 Å². The van der Waals surface area contributed by atoms with E-state index in [9.17, 15) is 4.79 Å². The minimum Gasteiger partial charge on any atom is -0.495 e. The van der Waals surface area contributed by atoms with Gasteiger partial charge in [-0.3, -0.25) is 4.79 Å². The number of rotatable bonds is 6. The van der Waals surface area contributed by atoms with Gasteiger partial charge in [0.05, 0.1) is 25.3 Å². The van der Waals surface area contributed by atoms with Crippen molar-refractivity contribution in [3.8, 4) is 5.75 Å². The third-order valence-electron chi connectivity index (χ3n) is 2.32. The van der Waals surface area contributed by atoms with Gasteiger partial charge in [-0.1, -0.05) is 11.6 Å². The molecule has 0 fully saturated rings. The molecule has 0 atom stereocenters. The number of nitrogens with one attached hydrogen (secondary N) is 1. The lowest BCUT2D eigenvalue weighted by Gasteiger charge is -2.11. The highest BCUT2D eigenvalue weighted by atomic mass is 35.5. The number of carbonyl (C=O) groups is 1. The standard InChI is InChI=1S/C12H16ClNO3/c1-14-6-11(15)9-5-10(13)12(17-3)4-8(9)7-16-2/h4-5,14H,6-7H2,1-3H3. The zero-order valence-corrected chi connectivity index (χ0v) is 10.9. The Hall–Kier alpha value is -1.10. The van der Waals surface area contributed by atoms with Crippen molar-refractivity contribution >= 4 is 17.4 Å². The first-order valence-electron chi connectivity index (χ1n) is 5.17. The van der Waals surface area contributed by atoms with E-state index >= 15 is 0 Å². The molecule has 0 aliphatic heterocycles. The Kier molecular flexibility index (Phi) is 5.41. The fourth-order valence-electron chi connectivity index (χ4n) is 1.54. The third kappa shape index (κ3) is 3.43. The van der Waals surface area contributed by atoms with Crippen LogP contribution in [0, 0.1) is 0 Å². The summed E-state index contributed by atoms with van der Waals surface area (Å²) in [5, 5.41) is 3.24. The highest BCUT2D eigenvalue weighted by molar-refractivity contribution is 6.32. The van der Waals surface area contributed by atoms with Crippen LogP contribution in [0.3, 0.4) is 0 Å². The predicted octanol–water partition coefficient (Wildman–Crippen LogP) is 1.90. The largest absolute Gasteiger partial charge is 0.495 e. The second kappa shape index (κ2) is 6.59. The van der Waals surface area contributed by atoms with Crippen molar-refractivity contribution in [2.24, 2.45) is 0 Å². The molecule has 0 amide bonds. The Bertz CT molecular complexity index is 407. The van der Waals surface area contributed by atoms with Gasteiger partial charge in [-0.05, 0) is 24.7 Å². The van der Waals surface area contributed by atoms with Gasteiger partial charge in [0.15, 0.2) is 5.78 Å². The van der Waals surface area contributed by atoms with Crippen LogP contribution in [0.25, 0.3) is 0 Å². The highest BCUT2D eigenvalue weighted by Gasteiger charge is 2.14. The van der Waals surface area contributed by atoms with Crippen molar-refractivity contribution in [2.45, 2.75) is 6.61 Å². The number of ether oxygens (including phenoxy) is 2. The lowest BCUT2D eigenvalue weighted by atomic mass is 10.0. The molecule has 0 heterocycles. The fraction of sp³-hybridized carbons (Fsp3) is 0.417. The van der Waals surface area contributed by atoms with E-state index < -0.39 is 0 Å². The lowest BCUT2D eigenvalue weighted by molar-refractivity contribution is 0.0988. The second-order valence-corrected chi connectivity index (χ2v) is 3.94. The van der Waals surface area contributed by atoms with E-state index in [2.05, 4.69) is 5.32 Å². The Balaban J connectivity index is 3.17. The fourth-order valence-corrected chi connectivity index (χ4v) is 1.78. The SMILES string of the molecule is CNCC(=O)c1cc(Cl)c(OC)cc1COC. The summed E-state index contributed by atoms with van der Waals surface area (Å²) in [5.74, 6) is 0.517. The Morgan fingerprint density at radius 2 is 2.12 bits per heavy atom. The molecule has 0 bridgehead atoms. The molecular formula is C12H16ClNO3. The monoisotopic (exact) mass is 257 g/mol. The number of hydrogen-bond donors (Lipinski definition) is 1. The van der Waals surface area contributed by atoms with E-state index in [0.29, 0.717) is 22.9 Å². The van der Waals surface area contributed by atoms with Crippen LogP contribution in [0.1, 0.15) is 15.9 Å². The molecule has 0 saturated carbocycles. The van der Waals surface area contributed by atoms with Crippen LogP contribution >= 0.6 is 11.6 Å². The molecular weight excluding hydrogens is 242 g/mol. The van der Waals surface area contributed by atoms with Gasteiger partial charge in [0, 0.05) is 12.7 Å². The molecule has 1 N–H and O–H groups in total. The number of carbonyl (C=O) groups excluding carboxylic acids is 1. The average Bonchev–Trinajstić information content (AvgIpc) is 2.31. The van der Waals surface area contributed by atoms with Gasteiger partial charge >= 0.3 is 0 Å². The summed E-state index contributed by atoms with van der Waals surface area (Å²) in [4.78, 5) is 11.9. The molecule has 1 aromatic rings. The van der Waals surface area contributed by atoms with Crippen LogP contribution in [0.4, 0.5) is 0 Å². The molecule has 0 aliphatic carbocycles. The topological polar surface area (TPSA) is 47.6 Å². The quantitative estimate of drug-likeness (QED) is 0.791. The van der Waals surface area contributed by atoms with Crippen LogP contribution in [-0.4, -0.2) is 33.6 Å². The predicted molar refractivity (Wildman–Crippen MR) is 67.0 cm³/mol. The minimum atomic E-state index is -0.0240. The van der Waals surface area contributed by atoms with Crippen LogP contribution in [0.2, 0.25) is 5.02 Å². The van der Waals surface area contributed by atoms with Gasteiger partial charge in [-0.15, -0.1) is 0 Å². The maximum atomic E-state index is 11.9. The van der Waals surface area contributed by atoms with Crippen molar-refractivity contribution < 1.29 is 14.3 Å². The summed E-state index contributed by atoms with van der Waals surface area (Å²) in [6.45, 7) is 0.609. The number of halogens is 1. The highest BCUT2D eigenvalue weighted by Crippen LogP contribution is 2.28. The molecule has 1 rings (SSSR count). The summed E-state index contributed by atoms with van der Waals surface area (Å²) < 4.78 is 10.2. The van der Waals surface area contributed by atoms with Crippen LogP contribution < -0.4 is 10.1 Å². The number of Topliss-reactive ketones (excluding diaryl/α,β-unsaturated/α-hetero) is 1. The lowest BCUT2D eigenvalue weighted by Crippen LogP contribution is -2.20. The van der Waals surface area contributed by atoms with E-state index in [1.54, 1.807) is 26.3 Å². The molecule has 0 spiro atoms. The zero-order chi connectivity index (χ0) is 12.8. The summed E-state index contributed by atoms with van der Waals surface area (Å²) in [6.07, 6.45) is 0.